The van der Waals surface area contributed by atoms with Gasteiger partial charge in [-0.2, -0.15) is 0 Å². The first-order chi connectivity index (χ1) is 7.75. The van der Waals surface area contributed by atoms with Crippen molar-refractivity contribution < 1.29 is 9.32 Å². The van der Waals surface area contributed by atoms with E-state index in [1.165, 1.54) is 0 Å². The number of carbonyl (C=O) groups excluding carboxylic acids is 1. The molecule has 0 atom stereocenters. The Morgan fingerprint density at radius 1 is 1.38 bits per heavy atom. The lowest BCUT2D eigenvalue weighted by atomic mass is 10.2. The number of nitrogens with one attached hydrogen (secondary N) is 1. The van der Waals surface area contributed by atoms with Crippen LogP contribution in [0.4, 0.5) is 4.79 Å². The third kappa shape index (κ3) is 2.38. The molecule has 3 N–H and O–H groups in total. The van der Waals surface area contributed by atoms with Crippen LogP contribution in [0.2, 0.25) is 0 Å². The quantitative estimate of drug-likeness (QED) is 0.817. The number of primary amides is 1. The molecule has 2 aromatic rings. The van der Waals surface area contributed by atoms with Gasteiger partial charge in [-0.25, -0.2) is 4.79 Å². The van der Waals surface area contributed by atoms with Crippen LogP contribution in [0, 0.1) is 0 Å². The van der Waals surface area contributed by atoms with Crippen molar-refractivity contribution in [3.63, 3.8) is 0 Å². The Balaban J connectivity index is 2.11. The highest BCUT2D eigenvalue weighted by Gasteiger charge is 2.06. The molecule has 0 bridgehead atoms. The molecule has 16 heavy (non-hydrogen) atoms. The Kier molecular flexibility index (Phi) is 2.86. The molecule has 5 heteroatoms. The highest BCUT2D eigenvalue weighted by molar-refractivity contribution is 5.71. The van der Waals surface area contributed by atoms with Gasteiger partial charge in [0.25, 0.3) is 0 Å². The van der Waals surface area contributed by atoms with Gasteiger partial charge in [0.15, 0.2) is 5.76 Å². The minimum absolute atomic E-state index is 0.270. The van der Waals surface area contributed by atoms with Crippen LogP contribution in [0.15, 0.2) is 40.9 Å². The van der Waals surface area contributed by atoms with E-state index in [1.807, 2.05) is 30.3 Å². The van der Waals surface area contributed by atoms with E-state index in [-0.39, 0.29) is 6.54 Å². The molecule has 1 heterocycles. The molecule has 0 aliphatic heterocycles. The number of nitrogens with two attached hydrogens (primary N) is 1. The summed E-state index contributed by atoms with van der Waals surface area (Å²) in [5, 5.41) is 6.26. The molecule has 0 saturated carbocycles. The molecule has 1 aromatic heterocycles. The molecule has 0 aliphatic carbocycles. The van der Waals surface area contributed by atoms with Crippen molar-refractivity contribution in [2.75, 3.05) is 0 Å². The predicted molar refractivity (Wildman–Crippen MR) is 58.4 cm³/mol. The van der Waals surface area contributed by atoms with E-state index in [4.69, 9.17) is 10.3 Å². The highest BCUT2D eigenvalue weighted by Crippen LogP contribution is 2.19. The Morgan fingerprint density at radius 3 is 2.81 bits per heavy atom. The molecule has 2 rings (SSSR count). The maximum absolute atomic E-state index is 10.5. The summed E-state index contributed by atoms with van der Waals surface area (Å²) in [6.07, 6.45) is 0. The molecular formula is C11H11N3O2. The zero-order chi connectivity index (χ0) is 11.4. The second-order valence-corrected chi connectivity index (χ2v) is 3.27. The Morgan fingerprint density at radius 2 is 2.12 bits per heavy atom. The van der Waals surface area contributed by atoms with Crippen LogP contribution in [0.3, 0.4) is 0 Å². The minimum atomic E-state index is -0.579. The topological polar surface area (TPSA) is 81.2 Å². The lowest BCUT2D eigenvalue weighted by Crippen LogP contribution is -2.28. The first-order valence-electron chi connectivity index (χ1n) is 4.80. The van der Waals surface area contributed by atoms with Crippen LogP contribution < -0.4 is 11.1 Å². The summed E-state index contributed by atoms with van der Waals surface area (Å²) in [5.41, 5.74) is 6.53. The number of benzene rings is 1. The van der Waals surface area contributed by atoms with Gasteiger partial charge in [0.05, 0.1) is 6.54 Å². The summed E-state index contributed by atoms with van der Waals surface area (Å²) in [6.45, 7) is 0.270. The van der Waals surface area contributed by atoms with Crippen LogP contribution in [-0.2, 0) is 6.54 Å². The highest BCUT2D eigenvalue weighted by atomic mass is 16.5. The fourth-order valence-corrected chi connectivity index (χ4v) is 1.31. The Labute approximate surface area is 92.2 Å². The minimum Gasteiger partial charge on any atom is -0.356 e. The third-order valence-electron chi connectivity index (χ3n) is 2.06. The fraction of sp³-hybridized carbons (Fsp3) is 0.0909. The van der Waals surface area contributed by atoms with E-state index in [0.717, 1.165) is 5.56 Å². The SMILES string of the molecule is NC(=O)NCc1cc(-c2ccccc2)on1. The number of hydrogen-bond donors (Lipinski definition) is 2. The summed E-state index contributed by atoms with van der Waals surface area (Å²) >= 11 is 0. The van der Waals surface area contributed by atoms with Gasteiger partial charge >= 0.3 is 6.03 Å². The zero-order valence-electron chi connectivity index (χ0n) is 8.51. The molecule has 5 nitrogen and oxygen atoms in total. The molecule has 0 unspecified atom stereocenters. The smallest absolute Gasteiger partial charge is 0.312 e. The van der Waals surface area contributed by atoms with Gasteiger partial charge in [0.1, 0.15) is 5.69 Å². The van der Waals surface area contributed by atoms with Crippen molar-refractivity contribution >= 4 is 6.03 Å². The van der Waals surface area contributed by atoms with Crippen LogP contribution in [0.1, 0.15) is 5.69 Å². The molecule has 0 fully saturated rings. The van der Waals surface area contributed by atoms with Gasteiger partial charge in [-0.1, -0.05) is 35.5 Å². The van der Waals surface area contributed by atoms with Crippen LogP contribution in [0.5, 0.6) is 0 Å². The summed E-state index contributed by atoms with van der Waals surface area (Å²) in [4.78, 5) is 10.5. The molecule has 0 spiro atoms. The van der Waals surface area contributed by atoms with Gasteiger partial charge in [0, 0.05) is 11.6 Å². The predicted octanol–water partition coefficient (Wildman–Crippen LogP) is 1.51. The number of aromatic nitrogens is 1. The number of carbonyl (C=O) groups is 1. The van der Waals surface area contributed by atoms with E-state index in [9.17, 15) is 4.79 Å². The third-order valence-corrected chi connectivity index (χ3v) is 2.06. The molecule has 0 radical (unpaired) electrons. The lowest BCUT2D eigenvalue weighted by Gasteiger charge is -1.94. The van der Waals surface area contributed by atoms with Crippen molar-refractivity contribution in [1.29, 1.82) is 0 Å². The molecule has 1 aromatic carbocycles. The number of rotatable bonds is 3. The van der Waals surface area contributed by atoms with Crippen molar-refractivity contribution in [2.24, 2.45) is 5.73 Å². The van der Waals surface area contributed by atoms with Crippen molar-refractivity contribution in [2.45, 2.75) is 6.54 Å². The van der Waals surface area contributed by atoms with E-state index < -0.39 is 6.03 Å². The van der Waals surface area contributed by atoms with Crippen LogP contribution >= 0.6 is 0 Å². The maximum atomic E-state index is 10.5. The molecule has 0 aliphatic rings. The average Bonchev–Trinajstić information content (AvgIpc) is 2.76. The van der Waals surface area contributed by atoms with Crippen molar-refractivity contribution in [3.8, 4) is 11.3 Å². The summed E-state index contributed by atoms with van der Waals surface area (Å²) in [5.74, 6) is 0.668. The van der Waals surface area contributed by atoms with Gasteiger partial charge in [-0.05, 0) is 0 Å². The van der Waals surface area contributed by atoms with Crippen molar-refractivity contribution in [1.82, 2.24) is 10.5 Å². The Hall–Kier alpha value is -2.30. The average molecular weight is 217 g/mol. The number of amides is 2. The number of urea groups is 1. The van der Waals surface area contributed by atoms with E-state index in [1.54, 1.807) is 6.07 Å². The van der Waals surface area contributed by atoms with Crippen molar-refractivity contribution in [3.05, 3.63) is 42.1 Å². The standard InChI is InChI=1S/C11H11N3O2/c12-11(15)13-7-9-6-10(16-14-9)8-4-2-1-3-5-8/h1-6H,7H2,(H3,12,13,15). The first kappa shape index (κ1) is 10.2. The molecule has 82 valence electrons. The zero-order valence-corrected chi connectivity index (χ0v) is 8.51. The summed E-state index contributed by atoms with van der Waals surface area (Å²) in [7, 11) is 0. The second-order valence-electron chi connectivity index (χ2n) is 3.27. The number of nitrogens with zero attached hydrogens (tertiary/aromatic N) is 1. The van der Waals surface area contributed by atoms with E-state index in [0.29, 0.717) is 11.5 Å². The maximum Gasteiger partial charge on any atom is 0.312 e. The molecular weight excluding hydrogens is 206 g/mol. The van der Waals surface area contributed by atoms with Gasteiger partial charge in [-0.3, -0.25) is 0 Å². The summed E-state index contributed by atoms with van der Waals surface area (Å²) < 4.78 is 5.14. The first-order valence-corrected chi connectivity index (χ1v) is 4.80. The summed E-state index contributed by atoms with van der Waals surface area (Å²) in [6, 6.07) is 10.8. The van der Waals surface area contributed by atoms with Gasteiger partial charge < -0.3 is 15.6 Å². The molecule has 2 amide bonds. The monoisotopic (exact) mass is 217 g/mol. The fourth-order valence-electron chi connectivity index (χ4n) is 1.31. The normalized spacial score (nSPS) is 10.0. The van der Waals surface area contributed by atoms with Gasteiger partial charge in [-0.15, -0.1) is 0 Å². The second kappa shape index (κ2) is 4.48. The molecule has 0 saturated heterocycles. The van der Waals surface area contributed by atoms with E-state index >= 15 is 0 Å². The van der Waals surface area contributed by atoms with Crippen LogP contribution in [-0.4, -0.2) is 11.2 Å². The Bertz CT molecular complexity index is 479. The largest absolute Gasteiger partial charge is 0.356 e. The number of hydrogen-bond acceptors (Lipinski definition) is 3. The van der Waals surface area contributed by atoms with Gasteiger partial charge in [0.2, 0.25) is 0 Å². The lowest BCUT2D eigenvalue weighted by molar-refractivity contribution is 0.248. The van der Waals surface area contributed by atoms with E-state index in [2.05, 4.69) is 10.5 Å². The van der Waals surface area contributed by atoms with Crippen LogP contribution in [0.25, 0.3) is 11.3 Å².